The van der Waals surface area contributed by atoms with Crippen molar-refractivity contribution in [2.75, 3.05) is 12.0 Å². The highest BCUT2D eigenvalue weighted by Crippen LogP contribution is 2.25. The third-order valence-electron chi connectivity index (χ3n) is 5.01. The van der Waals surface area contributed by atoms with Gasteiger partial charge in [-0.05, 0) is 42.5 Å². The number of rotatable bonds is 6. The SMILES string of the molecule is Cc1sc2ncn(NC(=O)CCNS(=O)(=O)c3ccc(C(C)(C)C)cc3)c(=O)c2c1C. The maximum atomic E-state index is 12.6. The van der Waals surface area contributed by atoms with Gasteiger partial charge in [-0.2, -0.15) is 0 Å². The number of nitrogens with zero attached hydrogens (tertiary/aromatic N) is 2. The highest BCUT2D eigenvalue weighted by Gasteiger charge is 2.18. The summed E-state index contributed by atoms with van der Waals surface area (Å²) in [7, 11) is -3.74. The van der Waals surface area contributed by atoms with Gasteiger partial charge in [0, 0.05) is 17.8 Å². The molecule has 0 spiro atoms. The fraction of sp³-hybridized carbons (Fsp3) is 0.381. The van der Waals surface area contributed by atoms with Crippen LogP contribution in [0.25, 0.3) is 10.2 Å². The second-order valence-corrected chi connectivity index (χ2v) is 11.3. The average molecular weight is 463 g/mol. The van der Waals surface area contributed by atoms with Crippen LogP contribution in [0.3, 0.4) is 0 Å². The molecule has 3 rings (SSSR count). The lowest BCUT2D eigenvalue weighted by molar-refractivity contribution is -0.117. The van der Waals surface area contributed by atoms with Crippen molar-refractivity contribution < 1.29 is 13.2 Å². The standard InChI is InChI=1S/C21H26N4O4S2/c1-13-14(2)30-19-18(13)20(27)25(12-22-19)24-17(26)10-11-23-31(28,29)16-8-6-15(7-9-16)21(3,4)5/h6-9,12,23H,10-11H2,1-5H3,(H,24,26). The van der Waals surface area contributed by atoms with Crippen molar-refractivity contribution in [1.29, 1.82) is 0 Å². The Bertz CT molecular complexity index is 1280. The summed E-state index contributed by atoms with van der Waals surface area (Å²) < 4.78 is 28.4. The van der Waals surface area contributed by atoms with Crippen LogP contribution in [-0.4, -0.2) is 30.5 Å². The molecule has 0 aliphatic rings. The number of benzene rings is 1. The number of hydrogen-bond donors (Lipinski definition) is 2. The lowest BCUT2D eigenvalue weighted by atomic mass is 9.87. The summed E-state index contributed by atoms with van der Waals surface area (Å²) in [6.45, 7) is 9.79. The van der Waals surface area contributed by atoms with E-state index in [1.54, 1.807) is 24.3 Å². The number of carbonyl (C=O) groups is 1. The van der Waals surface area contributed by atoms with Crippen LogP contribution in [0.2, 0.25) is 0 Å². The van der Waals surface area contributed by atoms with Gasteiger partial charge in [-0.1, -0.05) is 32.9 Å². The topological polar surface area (TPSA) is 110 Å². The van der Waals surface area contributed by atoms with E-state index in [2.05, 4.69) is 15.1 Å². The highest BCUT2D eigenvalue weighted by atomic mass is 32.2. The van der Waals surface area contributed by atoms with Crippen LogP contribution >= 0.6 is 11.3 Å². The first-order chi connectivity index (χ1) is 14.4. The Hall–Kier alpha value is -2.56. The van der Waals surface area contributed by atoms with E-state index in [9.17, 15) is 18.0 Å². The summed E-state index contributed by atoms with van der Waals surface area (Å²) in [6, 6.07) is 6.67. The van der Waals surface area contributed by atoms with Crippen LogP contribution in [0, 0.1) is 13.8 Å². The first kappa shape index (κ1) is 23.1. The first-order valence-corrected chi connectivity index (χ1v) is 12.1. The Morgan fingerprint density at radius 2 is 1.81 bits per heavy atom. The molecule has 0 unspecified atom stereocenters. The smallest absolute Gasteiger partial charge is 0.273 e. The number of carbonyl (C=O) groups excluding carboxylic acids is 1. The van der Waals surface area contributed by atoms with Crippen molar-refractivity contribution in [1.82, 2.24) is 14.4 Å². The van der Waals surface area contributed by atoms with Crippen molar-refractivity contribution in [3.8, 4) is 0 Å². The Morgan fingerprint density at radius 1 is 1.16 bits per heavy atom. The van der Waals surface area contributed by atoms with Crippen molar-refractivity contribution in [3.05, 3.63) is 57.0 Å². The van der Waals surface area contributed by atoms with Gasteiger partial charge >= 0.3 is 0 Å². The van der Waals surface area contributed by atoms with Crippen LogP contribution in [0.5, 0.6) is 0 Å². The second-order valence-electron chi connectivity index (χ2n) is 8.34. The van der Waals surface area contributed by atoms with Crippen molar-refractivity contribution in [2.45, 2.75) is 51.3 Å². The molecule has 2 heterocycles. The van der Waals surface area contributed by atoms with Crippen LogP contribution < -0.4 is 15.7 Å². The van der Waals surface area contributed by atoms with Crippen LogP contribution in [0.4, 0.5) is 0 Å². The van der Waals surface area contributed by atoms with Crippen LogP contribution in [0.15, 0.2) is 40.3 Å². The number of hydrogen-bond acceptors (Lipinski definition) is 6. The van der Waals surface area contributed by atoms with Gasteiger partial charge in [-0.3, -0.25) is 15.0 Å². The molecular weight excluding hydrogens is 436 g/mol. The molecule has 31 heavy (non-hydrogen) atoms. The summed E-state index contributed by atoms with van der Waals surface area (Å²) in [4.78, 5) is 30.8. The molecule has 1 aromatic carbocycles. The molecule has 3 aromatic rings. The van der Waals surface area contributed by atoms with Gasteiger partial charge in [-0.15, -0.1) is 11.3 Å². The number of sulfonamides is 1. The summed E-state index contributed by atoms with van der Waals surface area (Å²) >= 11 is 1.42. The number of nitrogens with one attached hydrogen (secondary N) is 2. The molecule has 1 amide bonds. The fourth-order valence-corrected chi connectivity index (χ4v) is 5.04. The van der Waals surface area contributed by atoms with E-state index >= 15 is 0 Å². The molecular formula is C21H26N4O4S2. The molecule has 166 valence electrons. The predicted octanol–water partition coefficient (Wildman–Crippen LogP) is 2.81. The van der Waals surface area contributed by atoms with Gasteiger partial charge in [0.1, 0.15) is 11.2 Å². The van der Waals surface area contributed by atoms with Crippen molar-refractivity contribution in [2.24, 2.45) is 0 Å². The third-order valence-corrected chi connectivity index (χ3v) is 7.60. The Morgan fingerprint density at radius 3 is 2.42 bits per heavy atom. The molecule has 0 aliphatic heterocycles. The largest absolute Gasteiger partial charge is 0.281 e. The predicted molar refractivity (Wildman–Crippen MR) is 123 cm³/mol. The lowest BCUT2D eigenvalue weighted by Gasteiger charge is -2.19. The van der Waals surface area contributed by atoms with E-state index in [-0.39, 0.29) is 28.8 Å². The molecule has 8 nitrogen and oxygen atoms in total. The molecule has 2 aromatic heterocycles. The molecule has 0 bridgehead atoms. The Balaban J connectivity index is 1.62. The molecule has 2 N–H and O–H groups in total. The molecule has 0 saturated carbocycles. The van der Waals surface area contributed by atoms with Crippen LogP contribution in [-0.2, 0) is 20.2 Å². The Kier molecular flexibility index (Phi) is 6.35. The van der Waals surface area contributed by atoms with Gasteiger partial charge in [0.25, 0.3) is 5.56 Å². The van der Waals surface area contributed by atoms with Gasteiger partial charge < -0.3 is 0 Å². The zero-order chi connectivity index (χ0) is 23.0. The van der Waals surface area contributed by atoms with Crippen molar-refractivity contribution >= 4 is 37.5 Å². The molecule has 0 fully saturated rings. The minimum Gasteiger partial charge on any atom is -0.273 e. The summed E-state index contributed by atoms with van der Waals surface area (Å²) in [5.74, 6) is -0.501. The lowest BCUT2D eigenvalue weighted by Crippen LogP contribution is -2.35. The van der Waals surface area contributed by atoms with Crippen LogP contribution in [0.1, 0.15) is 43.2 Å². The summed E-state index contributed by atoms with van der Waals surface area (Å²) in [5.41, 5.74) is 3.89. The normalized spacial score (nSPS) is 12.3. The minimum atomic E-state index is -3.74. The van der Waals surface area contributed by atoms with Gasteiger partial charge in [0.15, 0.2) is 0 Å². The molecule has 10 heteroatoms. The number of aryl methyl sites for hydroxylation is 2. The minimum absolute atomic E-state index is 0.0793. The monoisotopic (exact) mass is 462 g/mol. The maximum absolute atomic E-state index is 12.6. The van der Waals surface area contributed by atoms with E-state index in [4.69, 9.17) is 0 Å². The third kappa shape index (κ3) is 5.03. The first-order valence-electron chi connectivity index (χ1n) is 9.77. The molecule has 0 aliphatic carbocycles. The number of fused-ring (bicyclic) bond motifs is 1. The number of thiophene rings is 1. The summed E-state index contributed by atoms with van der Waals surface area (Å²) in [5, 5.41) is 0.477. The Labute approximate surface area is 185 Å². The van der Waals surface area contributed by atoms with E-state index in [0.717, 1.165) is 20.7 Å². The number of aromatic nitrogens is 2. The highest BCUT2D eigenvalue weighted by molar-refractivity contribution is 7.89. The second kappa shape index (κ2) is 8.52. The zero-order valence-corrected chi connectivity index (χ0v) is 19.8. The maximum Gasteiger partial charge on any atom is 0.281 e. The summed E-state index contributed by atoms with van der Waals surface area (Å²) in [6.07, 6.45) is 1.13. The van der Waals surface area contributed by atoms with E-state index < -0.39 is 15.9 Å². The average Bonchev–Trinajstić information content (AvgIpc) is 2.98. The van der Waals surface area contributed by atoms with E-state index in [1.807, 2.05) is 34.6 Å². The van der Waals surface area contributed by atoms with E-state index in [0.29, 0.717) is 10.2 Å². The molecule has 0 atom stereocenters. The molecule has 0 radical (unpaired) electrons. The number of amides is 1. The van der Waals surface area contributed by atoms with Gasteiger partial charge in [0.05, 0.1) is 10.3 Å². The van der Waals surface area contributed by atoms with Gasteiger partial charge in [-0.25, -0.2) is 22.8 Å². The quantitative estimate of drug-likeness (QED) is 0.585. The zero-order valence-electron chi connectivity index (χ0n) is 18.1. The van der Waals surface area contributed by atoms with Gasteiger partial charge in [0.2, 0.25) is 15.9 Å². The molecule has 0 saturated heterocycles. The van der Waals surface area contributed by atoms with E-state index in [1.165, 1.54) is 17.7 Å². The fourth-order valence-electron chi connectivity index (χ4n) is 3.02. The van der Waals surface area contributed by atoms with Crippen molar-refractivity contribution in [3.63, 3.8) is 0 Å².